The zero-order valence-corrected chi connectivity index (χ0v) is 9.86. The molecule has 14 heavy (non-hydrogen) atoms. The van der Waals surface area contributed by atoms with Crippen molar-refractivity contribution >= 4 is 11.3 Å². The third-order valence-corrected chi connectivity index (χ3v) is 2.77. The molecule has 0 aliphatic rings. The van der Waals surface area contributed by atoms with Crippen LogP contribution in [0, 0.1) is 6.92 Å². The molecule has 0 bridgehead atoms. The molecule has 1 rings (SSSR count). The molecule has 0 fully saturated rings. The van der Waals surface area contributed by atoms with Gasteiger partial charge < -0.3 is 10.1 Å². The number of ether oxygens (including phenoxy) is 1. The first-order valence-electron chi connectivity index (χ1n) is 4.95. The van der Waals surface area contributed by atoms with Crippen molar-refractivity contribution in [2.45, 2.75) is 26.3 Å². The Bertz CT molecular complexity index is 262. The van der Waals surface area contributed by atoms with Crippen LogP contribution in [0.5, 0.6) is 0 Å². The monoisotopic (exact) mass is 214 g/mol. The largest absolute Gasteiger partial charge is 0.379 e. The van der Waals surface area contributed by atoms with Crippen molar-refractivity contribution in [3.63, 3.8) is 0 Å². The fraction of sp³-hybridized carbons (Fsp3) is 0.700. The standard InChI is InChI=1S/C10H18N2OS/c1-4-5-13-6-9(11-3)10-7-14-8(2)12-10/h7,9,11H,4-6H2,1-3H3. The first kappa shape index (κ1) is 11.6. The Kier molecular flexibility index (Phi) is 5.07. The fourth-order valence-corrected chi connectivity index (χ4v) is 1.87. The molecule has 1 aromatic rings. The van der Waals surface area contributed by atoms with Crippen molar-refractivity contribution in [2.24, 2.45) is 0 Å². The summed E-state index contributed by atoms with van der Waals surface area (Å²) in [6, 6.07) is 0.228. The molecule has 1 unspecified atom stereocenters. The number of hydrogen-bond donors (Lipinski definition) is 1. The molecule has 0 spiro atoms. The maximum absolute atomic E-state index is 5.50. The van der Waals surface area contributed by atoms with Gasteiger partial charge in [-0.1, -0.05) is 6.92 Å². The van der Waals surface area contributed by atoms with Crippen molar-refractivity contribution in [3.05, 3.63) is 16.1 Å². The van der Waals surface area contributed by atoms with E-state index in [1.807, 2.05) is 14.0 Å². The van der Waals surface area contributed by atoms with Gasteiger partial charge in [-0.3, -0.25) is 0 Å². The topological polar surface area (TPSA) is 34.1 Å². The van der Waals surface area contributed by atoms with Gasteiger partial charge in [-0.2, -0.15) is 0 Å². The lowest BCUT2D eigenvalue weighted by Crippen LogP contribution is -2.22. The average Bonchev–Trinajstić information content (AvgIpc) is 2.60. The second-order valence-corrected chi connectivity index (χ2v) is 4.27. The first-order chi connectivity index (χ1) is 6.77. The van der Waals surface area contributed by atoms with E-state index in [0.717, 1.165) is 23.7 Å². The molecule has 0 radical (unpaired) electrons. The number of nitrogens with zero attached hydrogens (tertiary/aromatic N) is 1. The second kappa shape index (κ2) is 6.11. The minimum Gasteiger partial charge on any atom is -0.379 e. The highest BCUT2D eigenvalue weighted by molar-refractivity contribution is 7.09. The maximum atomic E-state index is 5.50. The molecule has 1 heterocycles. The fourth-order valence-electron chi connectivity index (χ4n) is 1.20. The average molecular weight is 214 g/mol. The van der Waals surface area contributed by atoms with Crippen LogP contribution in [0.3, 0.4) is 0 Å². The number of thiazole rings is 1. The SMILES string of the molecule is CCCOCC(NC)c1csc(C)n1. The van der Waals surface area contributed by atoms with Crippen molar-refractivity contribution < 1.29 is 4.74 Å². The van der Waals surface area contributed by atoms with E-state index in [2.05, 4.69) is 22.6 Å². The highest BCUT2D eigenvalue weighted by atomic mass is 32.1. The molecule has 0 aliphatic carbocycles. The van der Waals surface area contributed by atoms with Gasteiger partial charge in [0.2, 0.25) is 0 Å². The molecule has 0 aromatic carbocycles. The summed E-state index contributed by atoms with van der Waals surface area (Å²) < 4.78 is 5.50. The quantitative estimate of drug-likeness (QED) is 0.737. The molecule has 0 amide bonds. The molecule has 0 saturated carbocycles. The molecule has 0 aliphatic heterocycles. The predicted molar refractivity (Wildman–Crippen MR) is 59.8 cm³/mol. The van der Waals surface area contributed by atoms with Crippen LogP contribution in [0.4, 0.5) is 0 Å². The number of aryl methyl sites for hydroxylation is 1. The van der Waals surface area contributed by atoms with Gasteiger partial charge in [-0.05, 0) is 20.4 Å². The van der Waals surface area contributed by atoms with Crippen molar-refractivity contribution in [1.29, 1.82) is 0 Å². The van der Waals surface area contributed by atoms with Crippen LogP contribution in [0.2, 0.25) is 0 Å². The van der Waals surface area contributed by atoms with Crippen LogP contribution in [0.15, 0.2) is 5.38 Å². The molecule has 1 aromatic heterocycles. The van der Waals surface area contributed by atoms with E-state index in [0.29, 0.717) is 6.61 Å². The van der Waals surface area contributed by atoms with E-state index < -0.39 is 0 Å². The predicted octanol–water partition coefficient (Wildman–Crippen LogP) is 2.14. The van der Waals surface area contributed by atoms with E-state index in [4.69, 9.17) is 4.74 Å². The summed E-state index contributed by atoms with van der Waals surface area (Å²) in [5.41, 5.74) is 1.09. The highest BCUT2D eigenvalue weighted by Crippen LogP contribution is 2.16. The van der Waals surface area contributed by atoms with Crippen LogP contribution in [0.25, 0.3) is 0 Å². The molecule has 3 nitrogen and oxygen atoms in total. The van der Waals surface area contributed by atoms with E-state index in [9.17, 15) is 0 Å². The summed E-state index contributed by atoms with van der Waals surface area (Å²) in [6.07, 6.45) is 1.06. The summed E-state index contributed by atoms with van der Waals surface area (Å²) in [6.45, 7) is 5.66. The van der Waals surface area contributed by atoms with E-state index in [1.54, 1.807) is 11.3 Å². The Hall–Kier alpha value is -0.450. The zero-order chi connectivity index (χ0) is 10.4. The summed E-state index contributed by atoms with van der Waals surface area (Å²) >= 11 is 1.68. The highest BCUT2D eigenvalue weighted by Gasteiger charge is 2.11. The minimum absolute atomic E-state index is 0.228. The Morgan fingerprint density at radius 2 is 2.43 bits per heavy atom. The zero-order valence-electron chi connectivity index (χ0n) is 9.04. The van der Waals surface area contributed by atoms with Gasteiger partial charge in [0, 0.05) is 12.0 Å². The van der Waals surface area contributed by atoms with Crippen molar-refractivity contribution in [1.82, 2.24) is 10.3 Å². The number of aromatic nitrogens is 1. The van der Waals surface area contributed by atoms with Gasteiger partial charge in [-0.15, -0.1) is 11.3 Å². The number of rotatable bonds is 6. The number of nitrogens with one attached hydrogen (secondary N) is 1. The van der Waals surface area contributed by atoms with Gasteiger partial charge in [0.25, 0.3) is 0 Å². The Morgan fingerprint density at radius 3 is 2.93 bits per heavy atom. The van der Waals surface area contributed by atoms with E-state index >= 15 is 0 Å². The van der Waals surface area contributed by atoms with Crippen LogP contribution in [-0.4, -0.2) is 25.2 Å². The van der Waals surface area contributed by atoms with Crippen LogP contribution < -0.4 is 5.32 Å². The van der Waals surface area contributed by atoms with Gasteiger partial charge in [0.15, 0.2) is 0 Å². The van der Waals surface area contributed by atoms with Gasteiger partial charge in [-0.25, -0.2) is 4.98 Å². The van der Waals surface area contributed by atoms with Gasteiger partial charge in [0.1, 0.15) is 0 Å². The molecular weight excluding hydrogens is 196 g/mol. The summed E-state index contributed by atoms with van der Waals surface area (Å²) in [5.74, 6) is 0. The number of hydrogen-bond acceptors (Lipinski definition) is 4. The van der Waals surface area contributed by atoms with Crippen LogP contribution in [-0.2, 0) is 4.74 Å². The molecule has 4 heteroatoms. The first-order valence-corrected chi connectivity index (χ1v) is 5.83. The molecule has 1 N–H and O–H groups in total. The normalized spacial score (nSPS) is 13.1. The second-order valence-electron chi connectivity index (χ2n) is 3.21. The van der Waals surface area contributed by atoms with Gasteiger partial charge >= 0.3 is 0 Å². The summed E-state index contributed by atoms with van der Waals surface area (Å²) in [7, 11) is 1.94. The molecular formula is C10H18N2OS. The smallest absolute Gasteiger partial charge is 0.0898 e. The minimum atomic E-state index is 0.228. The lowest BCUT2D eigenvalue weighted by Gasteiger charge is -2.13. The van der Waals surface area contributed by atoms with Gasteiger partial charge in [0.05, 0.1) is 23.4 Å². The van der Waals surface area contributed by atoms with E-state index in [1.165, 1.54) is 0 Å². The molecule has 1 atom stereocenters. The Morgan fingerprint density at radius 1 is 1.64 bits per heavy atom. The summed E-state index contributed by atoms with van der Waals surface area (Å²) in [5, 5.41) is 6.41. The van der Waals surface area contributed by atoms with Crippen LogP contribution in [0.1, 0.15) is 30.1 Å². The third-order valence-electron chi connectivity index (χ3n) is 1.98. The van der Waals surface area contributed by atoms with Crippen molar-refractivity contribution in [3.8, 4) is 0 Å². The summed E-state index contributed by atoms with van der Waals surface area (Å²) in [4.78, 5) is 4.44. The Labute approximate surface area is 89.5 Å². The number of likely N-dealkylation sites (N-methyl/N-ethyl adjacent to an activating group) is 1. The van der Waals surface area contributed by atoms with Crippen molar-refractivity contribution in [2.75, 3.05) is 20.3 Å². The molecule has 80 valence electrons. The maximum Gasteiger partial charge on any atom is 0.0898 e. The third kappa shape index (κ3) is 3.36. The molecule has 0 saturated heterocycles. The van der Waals surface area contributed by atoms with Crippen LogP contribution >= 0.6 is 11.3 Å². The van der Waals surface area contributed by atoms with E-state index in [-0.39, 0.29) is 6.04 Å². The lowest BCUT2D eigenvalue weighted by atomic mass is 10.2. The Balaban J connectivity index is 2.45. The lowest BCUT2D eigenvalue weighted by molar-refractivity contribution is 0.113.